The van der Waals surface area contributed by atoms with E-state index in [1.54, 1.807) is 6.20 Å². The molecule has 1 N–H and O–H groups in total. The second kappa shape index (κ2) is 8.48. The first-order chi connectivity index (χ1) is 11.5. The summed E-state index contributed by atoms with van der Waals surface area (Å²) in [7, 11) is 0. The highest BCUT2D eigenvalue weighted by Crippen LogP contribution is 2.19. The summed E-state index contributed by atoms with van der Waals surface area (Å²) in [5.74, 6) is -0.170. The molecule has 1 heterocycles. The van der Waals surface area contributed by atoms with Crippen LogP contribution < -0.4 is 10.2 Å². The zero-order chi connectivity index (χ0) is 17.5. The maximum absolute atomic E-state index is 12.5. The van der Waals surface area contributed by atoms with Crippen LogP contribution in [0.15, 0.2) is 36.5 Å². The zero-order valence-corrected chi connectivity index (χ0v) is 15.1. The molecule has 2 rings (SSSR count). The van der Waals surface area contributed by atoms with Crippen LogP contribution in [0.1, 0.15) is 48.3 Å². The van der Waals surface area contributed by atoms with Gasteiger partial charge in [-0.05, 0) is 50.5 Å². The first-order valence-corrected chi connectivity index (χ1v) is 8.64. The van der Waals surface area contributed by atoms with Crippen molar-refractivity contribution in [3.05, 3.63) is 53.3 Å². The third-order valence-electron chi connectivity index (χ3n) is 3.96. The molecule has 4 nitrogen and oxygen atoms in total. The summed E-state index contributed by atoms with van der Waals surface area (Å²) >= 11 is 0. The summed E-state index contributed by atoms with van der Waals surface area (Å²) < 4.78 is 0. The van der Waals surface area contributed by atoms with Crippen molar-refractivity contribution in [1.29, 1.82) is 0 Å². The van der Waals surface area contributed by atoms with Gasteiger partial charge in [-0.15, -0.1) is 0 Å². The molecule has 24 heavy (non-hydrogen) atoms. The Kier molecular flexibility index (Phi) is 6.36. The van der Waals surface area contributed by atoms with Crippen LogP contribution in [0.2, 0.25) is 0 Å². The smallest absolute Gasteiger partial charge is 0.274 e. The summed E-state index contributed by atoms with van der Waals surface area (Å²) in [5.41, 5.74) is 4.57. The van der Waals surface area contributed by atoms with E-state index in [1.807, 2.05) is 38.1 Å². The van der Waals surface area contributed by atoms with Gasteiger partial charge in [0.05, 0.1) is 0 Å². The minimum absolute atomic E-state index is 0.170. The van der Waals surface area contributed by atoms with E-state index in [-0.39, 0.29) is 5.91 Å². The van der Waals surface area contributed by atoms with Crippen molar-refractivity contribution in [2.24, 2.45) is 0 Å². The molecule has 0 atom stereocenters. The molecule has 1 aromatic heterocycles. The highest BCUT2D eigenvalue weighted by Gasteiger charge is 2.12. The van der Waals surface area contributed by atoms with E-state index in [2.05, 4.69) is 35.1 Å². The number of nitrogens with one attached hydrogen (secondary N) is 1. The molecular weight excluding hydrogens is 298 g/mol. The van der Waals surface area contributed by atoms with Gasteiger partial charge >= 0.3 is 0 Å². The lowest BCUT2D eigenvalue weighted by Crippen LogP contribution is -2.25. The number of carbonyl (C=O) groups is 1. The van der Waals surface area contributed by atoms with Crippen LogP contribution in [0.25, 0.3) is 0 Å². The van der Waals surface area contributed by atoms with Gasteiger partial charge in [0.2, 0.25) is 0 Å². The molecule has 0 saturated carbocycles. The number of pyridine rings is 1. The molecule has 2 aromatic rings. The van der Waals surface area contributed by atoms with E-state index in [0.29, 0.717) is 5.69 Å². The standard InChI is InChI=1S/C20H27N3O/c1-5-11-23(12-6-2)17-9-10-21-19(14-17)20(24)22-18-8-7-15(3)13-16(18)4/h7-10,13-14H,5-6,11-12H2,1-4H3,(H,22,24). The highest BCUT2D eigenvalue weighted by atomic mass is 16.1. The first kappa shape index (κ1) is 18.0. The highest BCUT2D eigenvalue weighted by molar-refractivity contribution is 6.03. The van der Waals surface area contributed by atoms with Crippen LogP contribution in [-0.2, 0) is 0 Å². The summed E-state index contributed by atoms with van der Waals surface area (Å²) in [6, 6.07) is 9.84. The van der Waals surface area contributed by atoms with Crippen LogP contribution in [0.3, 0.4) is 0 Å². The molecule has 1 amide bonds. The maximum Gasteiger partial charge on any atom is 0.274 e. The Morgan fingerprint density at radius 3 is 2.42 bits per heavy atom. The number of hydrogen-bond acceptors (Lipinski definition) is 3. The van der Waals surface area contributed by atoms with Gasteiger partial charge in [0.25, 0.3) is 5.91 Å². The fourth-order valence-electron chi connectivity index (χ4n) is 2.79. The largest absolute Gasteiger partial charge is 0.371 e. The Bertz CT molecular complexity index is 691. The Morgan fingerprint density at radius 2 is 1.79 bits per heavy atom. The molecule has 1 aromatic carbocycles. The van der Waals surface area contributed by atoms with Crippen LogP contribution in [0.4, 0.5) is 11.4 Å². The number of aryl methyl sites for hydroxylation is 2. The lowest BCUT2D eigenvalue weighted by molar-refractivity contribution is 0.102. The third-order valence-corrected chi connectivity index (χ3v) is 3.96. The van der Waals surface area contributed by atoms with E-state index in [4.69, 9.17) is 0 Å². The van der Waals surface area contributed by atoms with Crippen molar-refractivity contribution in [3.63, 3.8) is 0 Å². The van der Waals surface area contributed by atoms with Gasteiger partial charge in [0.1, 0.15) is 5.69 Å². The predicted octanol–water partition coefficient (Wildman–Crippen LogP) is 4.58. The second-order valence-electron chi connectivity index (χ2n) is 6.16. The lowest BCUT2D eigenvalue weighted by Gasteiger charge is -2.24. The average molecular weight is 325 g/mol. The van der Waals surface area contributed by atoms with E-state index in [1.165, 1.54) is 5.56 Å². The fourth-order valence-corrected chi connectivity index (χ4v) is 2.79. The number of nitrogens with zero attached hydrogens (tertiary/aromatic N) is 2. The van der Waals surface area contributed by atoms with Gasteiger partial charge in [-0.1, -0.05) is 31.5 Å². The molecule has 0 radical (unpaired) electrons. The molecule has 128 valence electrons. The normalized spacial score (nSPS) is 10.5. The summed E-state index contributed by atoms with van der Waals surface area (Å²) in [6.45, 7) is 10.3. The van der Waals surface area contributed by atoms with Crippen molar-refractivity contribution in [2.45, 2.75) is 40.5 Å². The van der Waals surface area contributed by atoms with Crippen LogP contribution in [-0.4, -0.2) is 24.0 Å². The van der Waals surface area contributed by atoms with Gasteiger partial charge in [0.15, 0.2) is 0 Å². The SMILES string of the molecule is CCCN(CCC)c1ccnc(C(=O)Nc2ccc(C)cc2C)c1. The Balaban J connectivity index is 2.19. The van der Waals surface area contributed by atoms with E-state index >= 15 is 0 Å². The van der Waals surface area contributed by atoms with Crippen molar-refractivity contribution < 1.29 is 4.79 Å². The lowest BCUT2D eigenvalue weighted by atomic mass is 10.1. The van der Waals surface area contributed by atoms with E-state index in [0.717, 1.165) is 42.9 Å². The zero-order valence-electron chi connectivity index (χ0n) is 15.1. The minimum Gasteiger partial charge on any atom is -0.371 e. The van der Waals surface area contributed by atoms with Gasteiger partial charge in [0, 0.05) is 30.7 Å². The number of aromatic nitrogens is 1. The Labute approximate surface area is 144 Å². The van der Waals surface area contributed by atoms with Crippen molar-refractivity contribution >= 4 is 17.3 Å². The average Bonchev–Trinajstić information content (AvgIpc) is 2.57. The van der Waals surface area contributed by atoms with Crippen molar-refractivity contribution in [1.82, 2.24) is 4.98 Å². The molecule has 0 fully saturated rings. The molecule has 4 heteroatoms. The van der Waals surface area contributed by atoms with Gasteiger partial charge in [-0.2, -0.15) is 0 Å². The Hall–Kier alpha value is -2.36. The number of hydrogen-bond donors (Lipinski definition) is 1. The molecular formula is C20H27N3O. The van der Waals surface area contributed by atoms with Crippen LogP contribution >= 0.6 is 0 Å². The molecule has 0 unspecified atom stereocenters. The van der Waals surface area contributed by atoms with Crippen LogP contribution in [0.5, 0.6) is 0 Å². The number of anilines is 2. The Morgan fingerprint density at radius 1 is 1.08 bits per heavy atom. The molecule has 0 aliphatic rings. The first-order valence-electron chi connectivity index (χ1n) is 8.64. The third kappa shape index (κ3) is 4.57. The number of amides is 1. The predicted molar refractivity (Wildman–Crippen MR) is 101 cm³/mol. The topological polar surface area (TPSA) is 45.2 Å². The van der Waals surface area contributed by atoms with Gasteiger partial charge in [-0.3, -0.25) is 9.78 Å². The van der Waals surface area contributed by atoms with Gasteiger partial charge in [-0.25, -0.2) is 0 Å². The number of benzene rings is 1. The minimum atomic E-state index is -0.170. The quantitative estimate of drug-likeness (QED) is 0.810. The van der Waals surface area contributed by atoms with Gasteiger partial charge < -0.3 is 10.2 Å². The summed E-state index contributed by atoms with van der Waals surface area (Å²) in [5, 5.41) is 2.96. The monoisotopic (exact) mass is 325 g/mol. The van der Waals surface area contributed by atoms with Crippen LogP contribution in [0, 0.1) is 13.8 Å². The van der Waals surface area contributed by atoms with Crippen molar-refractivity contribution in [3.8, 4) is 0 Å². The number of carbonyl (C=O) groups excluding carboxylic acids is 1. The number of rotatable bonds is 7. The molecule has 0 aliphatic heterocycles. The van der Waals surface area contributed by atoms with E-state index in [9.17, 15) is 4.79 Å². The maximum atomic E-state index is 12.5. The van der Waals surface area contributed by atoms with E-state index < -0.39 is 0 Å². The molecule has 0 spiro atoms. The summed E-state index contributed by atoms with van der Waals surface area (Å²) in [6.07, 6.45) is 3.86. The summed E-state index contributed by atoms with van der Waals surface area (Å²) in [4.78, 5) is 19.1. The molecule has 0 saturated heterocycles. The second-order valence-corrected chi connectivity index (χ2v) is 6.16. The molecule has 0 bridgehead atoms. The van der Waals surface area contributed by atoms with Crippen molar-refractivity contribution in [2.75, 3.05) is 23.3 Å². The molecule has 0 aliphatic carbocycles. The fraction of sp³-hybridized carbons (Fsp3) is 0.400.